The molecule has 0 unspecified atom stereocenters. The van der Waals surface area contributed by atoms with E-state index in [0.29, 0.717) is 28.9 Å². The standard InChI is InChI=1S/C14H21NO3/c1-13(2)10(14(13,3)4)8-15-7-9-5-6-18-11(9)12(16)17/h5-6,10,15H,7-8H2,1-4H3,(H,16,17). The highest BCUT2D eigenvalue weighted by molar-refractivity contribution is 5.86. The molecular weight excluding hydrogens is 230 g/mol. The van der Waals surface area contributed by atoms with Crippen LogP contribution in [0.15, 0.2) is 16.7 Å². The Hall–Kier alpha value is -1.29. The predicted octanol–water partition coefficient (Wildman–Crippen LogP) is 2.75. The molecule has 1 aliphatic rings. The lowest BCUT2D eigenvalue weighted by atomic mass is 10.0. The summed E-state index contributed by atoms with van der Waals surface area (Å²) in [7, 11) is 0. The van der Waals surface area contributed by atoms with Gasteiger partial charge in [0, 0.05) is 12.1 Å². The van der Waals surface area contributed by atoms with Gasteiger partial charge >= 0.3 is 5.97 Å². The third-order valence-electron chi connectivity index (χ3n) is 4.92. The molecule has 0 amide bonds. The highest BCUT2D eigenvalue weighted by Crippen LogP contribution is 2.67. The summed E-state index contributed by atoms with van der Waals surface area (Å²) in [5, 5.41) is 12.3. The van der Waals surface area contributed by atoms with Crippen molar-refractivity contribution in [2.24, 2.45) is 16.7 Å². The van der Waals surface area contributed by atoms with E-state index in [1.807, 2.05) is 0 Å². The summed E-state index contributed by atoms with van der Waals surface area (Å²) in [6.45, 7) is 10.6. The maximum absolute atomic E-state index is 10.9. The van der Waals surface area contributed by atoms with Crippen molar-refractivity contribution in [3.05, 3.63) is 23.7 Å². The van der Waals surface area contributed by atoms with Crippen LogP contribution >= 0.6 is 0 Å². The van der Waals surface area contributed by atoms with E-state index >= 15 is 0 Å². The Balaban J connectivity index is 1.87. The van der Waals surface area contributed by atoms with E-state index in [9.17, 15) is 4.79 Å². The highest BCUT2D eigenvalue weighted by Gasteiger charge is 2.63. The van der Waals surface area contributed by atoms with Gasteiger partial charge in [0.05, 0.1) is 6.26 Å². The molecule has 2 N–H and O–H groups in total. The molecule has 0 spiro atoms. The minimum atomic E-state index is -1.01. The molecule has 1 aromatic heterocycles. The Labute approximate surface area is 107 Å². The van der Waals surface area contributed by atoms with E-state index < -0.39 is 5.97 Å². The number of rotatable bonds is 5. The molecule has 1 fully saturated rings. The monoisotopic (exact) mass is 251 g/mol. The van der Waals surface area contributed by atoms with Crippen molar-refractivity contribution in [2.45, 2.75) is 34.2 Å². The molecule has 1 heterocycles. The number of carboxylic acids is 1. The molecule has 4 heteroatoms. The summed E-state index contributed by atoms with van der Waals surface area (Å²) in [4.78, 5) is 10.9. The smallest absolute Gasteiger partial charge is 0.372 e. The van der Waals surface area contributed by atoms with Crippen molar-refractivity contribution < 1.29 is 14.3 Å². The van der Waals surface area contributed by atoms with Crippen molar-refractivity contribution in [3.8, 4) is 0 Å². The van der Waals surface area contributed by atoms with Crippen LogP contribution in [0.1, 0.15) is 43.8 Å². The van der Waals surface area contributed by atoms with Crippen molar-refractivity contribution in [1.82, 2.24) is 5.32 Å². The molecule has 1 aliphatic carbocycles. The number of aromatic carboxylic acids is 1. The molecule has 0 radical (unpaired) electrons. The van der Waals surface area contributed by atoms with Crippen LogP contribution in [0.5, 0.6) is 0 Å². The van der Waals surface area contributed by atoms with Gasteiger partial charge in [-0.2, -0.15) is 0 Å². The lowest BCUT2D eigenvalue weighted by Crippen LogP contribution is -2.19. The Kier molecular flexibility index (Phi) is 3.01. The molecule has 0 bridgehead atoms. The third-order valence-corrected chi connectivity index (χ3v) is 4.92. The summed E-state index contributed by atoms with van der Waals surface area (Å²) >= 11 is 0. The molecule has 0 saturated heterocycles. The molecule has 2 rings (SSSR count). The van der Waals surface area contributed by atoms with E-state index in [0.717, 1.165) is 6.54 Å². The normalized spacial score (nSPS) is 20.9. The van der Waals surface area contributed by atoms with Crippen LogP contribution in [-0.4, -0.2) is 17.6 Å². The SMILES string of the molecule is CC1(C)C(CNCc2ccoc2C(=O)O)C1(C)C. The third kappa shape index (κ3) is 1.94. The number of carbonyl (C=O) groups is 1. The topological polar surface area (TPSA) is 62.5 Å². The lowest BCUT2D eigenvalue weighted by molar-refractivity contribution is 0.0660. The van der Waals surface area contributed by atoms with Gasteiger partial charge in [0.15, 0.2) is 0 Å². The Bertz CT molecular complexity index is 445. The van der Waals surface area contributed by atoms with Gasteiger partial charge in [-0.25, -0.2) is 4.79 Å². The van der Waals surface area contributed by atoms with Crippen molar-refractivity contribution in [2.75, 3.05) is 6.54 Å². The van der Waals surface area contributed by atoms with Crippen LogP contribution in [0.25, 0.3) is 0 Å². The van der Waals surface area contributed by atoms with Crippen LogP contribution in [0.3, 0.4) is 0 Å². The molecule has 18 heavy (non-hydrogen) atoms. The summed E-state index contributed by atoms with van der Waals surface area (Å²) < 4.78 is 4.94. The summed E-state index contributed by atoms with van der Waals surface area (Å²) in [6.07, 6.45) is 1.42. The maximum atomic E-state index is 10.9. The summed E-state index contributed by atoms with van der Waals surface area (Å²) in [6, 6.07) is 1.71. The molecule has 4 nitrogen and oxygen atoms in total. The van der Waals surface area contributed by atoms with Crippen molar-refractivity contribution >= 4 is 5.97 Å². The van der Waals surface area contributed by atoms with Crippen LogP contribution in [-0.2, 0) is 6.54 Å². The zero-order chi connectivity index (χ0) is 13.6. The summed E-state index contributed by atoms with van der Waals surface area (Å²) in [5.41, 5.74) is 1.41. The zero-order valence-electron chi connectivity index (χ0n) is 11.4. The Morgan fingerprint density at radius 1 is 1.39 bits per heavy atom. The lowest BCUT2D eigenvalue weighted by Gasteiger charge is -2.05. The van der Waals surface area contributed by atoms with Gasteiger partial charge in [-0.3, -0.25) is 0 Å². The fourth-order valence-electron chi connectivity index (χ4n) is 2.86. The average molecular weight is 251 g/mol. The number of nitrogens with one attached hydrogen (secondary N) is 1. The number of hydrogen-bond donors (Lipinski definition) is 2. The molecule has 100 valence electrons. The fourth-order valence-corrected chi connectivity index (χ4v) is 2.86. The van der Waals surface area contributed by atoms with Gasteiger partial charge in [-0.1, -0.05) is 27.7 Å². The minimum Gasteiger partial charge on any atom is -0.475 e. The number of furan rings is 1. The number of carboxylic acid groups (broad SMARTS) is 1. The first kappa shape index (κ1) is 13.1. The van der Waals surface area contributed by atoms with Gasteiger partial charge in [0.2, 0.25) is 5.76 Å². The second-order valence-electron chi connectivity index (χ2n) is 6.21. The molecule has 0 atom stereocenters. The van der Waals surface area contributed by atoms with E-state index in [1.165, 1.54) is 6.26 Å². The second kappa shape index (κ2) is 4.12. The molecule has 0 aliphatic heterocycles. The average Bonchev–Trinajstić information content (AvgIpc) is 2.66. The first-order valence-electron chi connectivity index (χ1n) is 6.29. The first-order valence-corrected chi connectivity index (χ1v) is 6.29. The van der Waals surface area contributed by atoms with E-state index in [-0.39, 0.29) is 5.76 Å². The van der Waals surface area contributed by atoms with Gasteiger partial charge in [0.25, 0.3) is 0 Å². The second-order valence-corrected chi connectivity index (χ2v) is 6.21. The summed E-state index contributed by atoms with van der Waals surface area (Å²) in [5.74, 6) is -0.342. The Morgan fingerprint density at radius 2 is 2.00 bits per heavy atom. The van der Waals surface area contributed by atoms with Crippen LogP contribution in [0, 0.1) is 16.7 Å². The molecule has 0 aromatic carbocycles. The van der Waals surface area contributed by atoms with Crippen LogP contribution in [0.4, 0.5) is 0 Å². The quantitative estimate of drug-likeness (QED) is 0.844. The van der Waals surface area contributed by atoms with E-state index in [1.54, 1.807) is 6.07 Å². The van der Waals surface area contributed by atoms with Crippen molar-refractivity contribution in [1.29, 1.82) is 0 Å². The van der Waals surface area contributed by atoms with E-state index in [2.05, 4.69) is 33.0 Å². The van der Waals surface area contributed by atoms with Gasteiger partial charge in [0.1, 0.15) is 0 Å². The zero-order valence-corrected chi connectivity index (χ0v) is 11.4. The largest absolute Gasteiger partial charge is 0.475 e. The van der Waals surface area contributed by atoms with Crippen LogP contribution in [0.2, 0.25) is 0 Å². The van der Waals surface area contributed by atoms with Gasteiger partial charge in [-0.05, 0) is 29.4 Å². The fraction of sp³-hybridized carbons (Fsp3) is 0.643. The van der Waals surface area contributed by atoms with E-state index in [4.69, 9.17) is 9.52 Å². The Morgan fingerprint density at radius 3 is 2.50 bits per heavy atom. The van der Waals surface area contributed by atoms with Crippen molar-refractivity contribution in [3.63, 3.8) is 0 Å². The van der Waals surface area contributed by atoms with Crippen LogP contribution < -0.4 is 5.32 Å². The molecule has 1 aromatic rings. The molecular formula is C14H21NO3. The molecule has 1 saturated carbocycles. The first-order chi connectivity index (χ1) is 8.28. The highest BCUT2D eigenvalue weighted by atomic mass is 16.4. The maximum Gasteiger partial charge on any atom is 0.372 e. The predicted molar refractivity (Wildman–Crippen MR) is 68.4 cm³/mol. The van der Waals surface area contributed by atoms with Gasteiger partial charge < -0.3 is 14.8 Å². The number of hydrogen-bond acceptors (Lipinski definition) is 3. The minimum absolute atomic E-state index is 0.0387. The van der Waals surface area contributed by atoms with Gasteiger partial charge in [-0.15, -0.1) is 0 Å².